The molecule has 0 aliphatic rings. The van der Waals surface area contributed by atoms with Gasteiger partial charge in [0.05, 0.1) is 18.0 Å². The number of rotatable bonds is 6. The largest absolute Gasteiger partial charge is 0.494 e. The highest BCUT2D eigenvalue weighted by Crippen LogP contribution is 2.22. The predicted octanol–water partition coefficient (Wildman–Crippen LogP) is 4.94. The Bertz CT molecular complexity index is 993. The number of aromatic amines is 1. The first-order valence-corrected chi connectivity index (χ1v) is 9.31. The highest BCUT2D eigenvalue weighted by molar-refractivity contribution is 6.35. The fourth-order valence-electron chi connectivity index (χ4n) is 2.50. The van der Waals surface area contributed by atoms with Gasteiger partial charge in [-0.2, -0.15) is 10.2 Å². The van der Waals surface area contributed by atoms with E-state index in [2.05, 4.69) is 20.7 Å². The van der Waals surface area contributed by atoms with Crippen molar-refractivity contribution in [1.29, 1.82) is 0 Å². The second-order valence-electron chi connectivity index (χ2n) is 5.92. The van der Waals surface area contributed by atoms with E-state index in [-0.39, 0.29) is 0 Å². The van der Waals surface area contributed by atoms with E-state index >= 15 is 0 Å². The maximum atomic E-state index is 12.3. The van der Waals surface area contributed by atoms with E-state index in [1.807, 2.05) is 31.2 Å². The van der Waals surface area contributed by atoms with Gasteiger partial charge in [0.2, 0.25) is 0 Å². The lowest BCUT2D eigenvalue weighted by molar-refractivity contribution is 0.0950. The number of hydrogen-bond acceptors (Lipinski definition) is 4. The summed E-state index contributed by atoms with van der Waals surface area (Å²) in [7, 11) is 0. The lowest BCUT2D eigenvalue weighted by atomic mass is 10.1. The Hall–Kier alpha value is -2.83. The molecule has 0 bridgehead atoms. The molecule has 0 radical (unpaired) electrons. The maximum absolute atomic E-state index is 12.3. The monoisotopic (exact) mass is 416 g/mol. The molecule has 2 aromatic carbocycles. The molecule has 1 amide bonds. The van der Waals surface area contributed by atoms with Crippen LogP contribution in [-0.2, 0) is 0 Å². The van der Waals surface area contributed by atoms with Crippen molar-refractivity contribution in [1.82, 2.24) is 15.6 Å². The zero-order valence-corrected chi connectivity index (χ0v) is 16.8. The summed E-state index contributed by atoms with van der Waals surface area (Å²) in [4.78, 5) is 12.3. The summed E-state index contributed by atoms with van der Waals surface area (Å²) in [5.74, 6) is 0.378. The predicted molar refractivity (Wildman–Crippen MR) is 111 cm³/mol. The third-order valence-corrected chi connectivity index (χ3v) is 4.33. The normalized spacial score (nSPS) is 11.4. The van der Waals surface area contributed by atoms with Crippen LogP contribution in [0, 0.1) is 0 Å². The number of halogens is 2. The number of hydrazone groups is 1. The first-order chi connectivity index (χ1) is 13.5. The molecule has 6 nitrogen and oxygen atoms in total. The fraction of sp³-hybridized carbons (Fsp3) is 0.150. The van der Waals surface area contributed by atoms with Gasteiger partial charge < -0.3 is 4.74 Å². The van der Waals surface area contributed by atoms with Crippen molar-refractivity contribution in [2.24, 2.45) is 5.10 Å². The van der Waals surface area contributed by atoms with Crippen LogP contribution >= 0.6 is 23.2 Å². The van der Waals surface area contributed by atoms with Gasteiger partial charge in [0.15, 0.2) is 0 Å². The van der Waals surface area contributed by atoms with Crippen LogP contribution in [0.1, 0.15) is 29.9 Å². The molecule has 1 heterocycles. The highest BCUT2D eigenvalue weighted by atomic mass is 35.5. The Morgan fingerprint density at radius 3 is 2.46 bits per heavy atom. The van der Waals surface area contributed by atoms with Crippen molar-refractivity contribution < 1.29 is 9.53 Å². The van der Waals surface area contributed by atoms with Crippen molar-refractivity contribution in [2.75, 3.05) is 6.61 Å². The van der Waals surface area contributed by atoms with Gasteiger partial charge >= 0.3 is 0 Å². The Labute approximate surface area is 172 Å². The Morgan fingerprint density at radius 1 is 1.14 bits per heavy atom. The minimum atomic E-state index is -0.405. The van der Waals surface area contributed by atoms with Crippen LogP contribution in [0.25, 0.3) is 11.3 Å². The third kappa shape index (κ3) is 4.91. The minimum absolute atomic E-state index is 0.296. The second-order valence-corrected chi connectivity index (χ2v) is 6.79. The van der Waals surface area contributed by atoms with Crippen molar-refractivity contribution in [2.45, 2.75) is 13.8 Å². The number of amides is 1. The number of nitrogens with zero attached hydrogens (tertiary/aromatic N) is 2. The molecular formula is C20H18Cl2N4O2. The number of carbonyl (C=O) groups is 1. The summed E-state index contributed by atoms with van der Waals surface area (Å²) in [6.45, 7) is 4.28. The van der Waals surface area contributed by atoms with Crippen LogP contribution < -0.4 is 10.2 Å². The molecule has 0 aliphatic carbocycles. The molecule has 0 spiro atoms. The van der Waals surface area contributed by atoms with E-state index in [1.165, 1.54) is 0 Å². The number of nitrogens with one attached hydrogen (secondary N) is 2. The number of hydrogen-bond donors (Lipinski definition) is 2. The molecule has 0 fully saturated rings. The number of H-pyrrole nitrogens is 1. The Balaban J connectivity index is 1.70. The van der Waals surface area contributed by atoms with Gasteiger partial charge in [-0.15, -0.1) is 0 Å². The second kappa shape index (κ2) is 8.91. The standard InChI is InChI=1S/C20H18Cl2N4O2/c1-3-28-17-6-4-13(5-7-17)18-11-19(25-24-18)20(27)26-23-12(2)14-8-15(21)10-16(22)9-14/h4-11H,3H2,1-2H3,(H,24,25)(H,26,27)/b23-12+. The lowest BCUT2D eigenvalue weighted by Crippen LogP contribution is -2.19. The molecule has 8 heteroatoms. The maximum Gasteiger partial charge on any atom is 0.289 e. The summed E-state index contributed by atoms with van der Waals surface area (Å²) in [6.07, 6.45) is 0. The van der Waals surface area contributed by atoms with Crippen molar-refractivity contribution in [3.05, 3.63) is 69.8 Å². The fourth-order valence-corrected chi connectivity index (χ4v) is 3.02. The van der Waals surface area contributed by atoms with Gasteiger partial charge in [0, 0.05) is 21.2 Å². The van der Waals surface area contributed by atoms with Crippen LogP contribution in [-0.4, -0.2) is 28.4 Å². The molecule has 0 saturated carbocycles. The van der Waals surface area contributed by atoms with Crippen molar-refractivity contribution >= 4 is 34.8 Å². The molecule has 144 valence electrons. The molecule has 3 rings (SSSR count). The van der Waals surface area contributed by atoms with Gasteiger partial charge in [-0.3, -0.25) is 9.89 Å². The SMILES string of the molecule is CCOc1ccc(-c2cc(C(=O)N/N=C(\C)c3cc(Cl)cc(Cl)c3)[nH]n2)cc1. The van der Waals surface area contributed by atoms with Gasteiger partial charge in [-0.1, -0.05) is 23.2 Å². The summed E-state index contributed by atoms with van der Waals surface area (Å²) < 4.78 is 5.42. The average molecular weight is 417 g/mol. The van der Waals surface area contributed by atoms with Crippen LogP contribution in [0.5, 0.6) is 5.75 Å². The molecule has 1 aromatic heterocycles. The highest BCUT2D eigenvalue weighted by Gasteiger charge is 2.11. The molecule has 0 unspecified atom stereocenters. The van der Waals surface area contributed by atoms with E-state index < -0.39 is 5.91 Å². The summed E-state index contributed by atoms with van der Waals surface area (Å²) in [5, 5.41) is 12.0. The summed E-state index contributed by atoms with van der Waals surface area (Å²) in [5.41, 5.74) is 5.60. The molecule has 0 aliphatic heterocycles. The van der Waals surface area contributed by atoms with Gasteiger partial charge in [-0.05, 0) is 62.4 Å². The third-order valence-electron chi connectivity index (χ3n) is 3.89. The average Bonchev–Trinajstić information content (AvgIpc) is 3.16. The van der Waals surface area contributed by atoms with Crippen LogP contribution in [0.3, 0.4) is 0 Å². The Morgan fingerprint density at radius 2 is 1.82 bits per heavy atom. The van der Waals surface area contributed by atoms with E-state index in [1.54, 1.807) is 31.2 Å². The quantitative estimate of drug-likeness (QED) is 0.441. The van der Waals surface area contributed by atoms with E-state index in [9.17, 15) is 4.79 Å². The Kier molecular flexibility index (Phi) is 6.34. The molecule has 0 atom stereocenters. The number of ether oxygens (including phenoxy) is 1. The first-order valence-electron chi connectivity index (χ1n) is 8.56. The summed E-state index contributed by atoms with van der Waals surface area (Å²) >= 11 is 12.0. The minimum Gasteiger partial charge on any atom is -0.494 e. The first kappa shape index (κ1) is 19.9. The lowest BCUT2D eigenvalue weighted by Gasteiger charge is -2.03. The zero-order chi connectivity index (χ0) is 20.1. The van der Waals surface area contributed by atoms with Gasteiger partial charge in [-0.25, -0.2) is 5.43 Å². The number of aromatic nitrogens is 2. The van der Waals surface area contributed by atoms with E-state index in [4.69, 9.17) is 27.9 Å². The van der Waals surface area contributed by atoms with Crippen LogP contribution in [0.4, 0.5) is 0 Å². The van der Waals surface area contributed by atoms with Crippen molar-refractivity contribution in [3.63, 3.8) is 0 Å². The molecule has 0 saturated heterocycles. The van der Waals surface area contributed by atoms with Gasteiger partial charge in [0.25, 0.3) is 5.91 Å². The topological polar surface area (TPSA) is 79.4 Å². The van der Waals surface area contributed by atoms with Crippen LogP contribution in [0.2, 0.25) is 10.0 Å². The smallest absolute Gasteiger partial charge is 0.289 e. The molecular weight excluding hydrogens is 399 g/mol. The number of benzene rings is 2. The van der Waals surface area contributed by atoms with Gasteiger partial charge in [0.1, 0.15) is 11.4 Å². The summed E-state index contributed by atoms with van der Waals surface area (Å²) in [6, 6.07) is 14.2. The van der Waals surface area contributed by atoms with Crippen LogP contribution in [0.15, 0.2) is 53.6 Å². The molecule has 28 heavy (non-hydrogen) atoms. The number of carbonyl (C=O) groups excluding carboxylic acids is 1. The molecule has 3 aromatic rings. The molecule has 2 N–H and O–H groups in total. The van der Waals surface area contributed by atoms with Crippen molar-refractivity contribution in [3.8, 4) is 17.0 Å². The van der Waals surface area contributed by atoms with E-state index in [0.717, 1.165) is 16.9 Å². The van der Waals surface area contributed by atoms with E-state index in [0.29, 0.717) is 33.8 Å². The zero-order valence-electron chi connectivity index (χ0n) is 15.3.